The van der Waals surface area contributed by atoms with E-state index in [1.54, 1.807) is 49.3 Å². The number of ether oxygens (including phenoxy) is 2. The Morgan fingerprint density at radius 2 is 1.76 bits per heavy atom. The lowest BCUT2D eigenvalue weighted by molar-refractivity contribution is -0.140. The van der Waals surface area contributed by atoms with E-state index in [9.17, 15) is 14.4 Å². The summed E-state index contributed by atoms with van der Waals surface area (Å²) in [5.41, 5.74) is 1.53. The SMILES string of the molecule is CCOC(=O)/C(=C/c1ccc(OCCN(C)C(=O)c2ccccn2)cc1)CC(=O)N1C[C@H]2CCCC[C@H]2C1. The van der Waals surface area contributed by atoms with E-state index in [0.717, 1.165) is 18.7 Å². The predicted molar refractivity (Wildman–Crippen MR) is 144 cm³/mol. The smallest absolute Gasteiger partial charge is 0.334 e. The Bertz CT molecular complexity index is 1120. The highest BCUT2D eigenvalue weighted by atomic mass is 16.5. The zero-order valence-corrected chi connectivity index (χ0v) is 22.3. The van der Waals surface area contributed by atoms with Crippen molar-refractivity contribution in [2.45, 2.75) is 39.0 Å². The molecule has 1 saturated heterocycles. The summed E-state index contributed by atoms with van der Waals surface area (Å²) < 4.78 is 11.0. The van der Waals surface area contributed by atoms with Crippen LogP contribution in [0.15, 0.2) is 54.2 Å². The lowest BCUT2D eigenvalue weighted by Gasteiger charge is -2.22. The molecule has 8 nitrogen and oxygen atoms in total. The fourth-order valence-corrected chi connectivity index (χ4v) is 5.24. The van der Waals surface area contributed by atoms with Gasteiger partial charge in [0.1, 0.15) is 18.1 Å². The van der Waals surface area contributed by atoms with E-state index in [4.69, 9.17) is 9.47 Å². The van der Waals surface area contributed by atoms with Gasteiger partial charge in [-0.25, -0.2) is 4.79 Å². The Morgan fingerprint density at radius 3 is 2.39 bits per heavy atom. The van der Waals surface area contributed by atoms with Crippen molar-refractivity contribution in [2.75, 3.05) is 39.9 Å². The number of fused-ring (bicyclic) bond motifs is 1. The molecule has 2 atom stereocenters. The van der Waals surface area contributed by atoms with E-state index in [0.29, 0.717) is 42.0 Å². The molecule has 2 heterocycles. The molecule has 0 N–H and O–H groups in total. The summed E-state index contributed by atoms with van der Waals surface area (Å²) in [6.07, 6.45) is 8.23. The first-order chi connectivity index (χ1) is 18.4. The minimum absolute atomic E-state index is 0.0111. The summed E-state index contributed by atoms with van der Waals surface area (Å²) >= 11 is 0. The van der Waals surface area contributed by atoms with Crippen LogP contribution in [0.3, 0.4) is 0 Å². The van der Waals surface area contributed by atoms with Crippen LogP contribution in [0, 0.1) is 11.8 Å². The van der Waals surface area contributed by atoms with Crippen molar-refractivity contribution in [1.29, 1.82) is 0 Å². The van der Waals surface area contributed by atoms with Gasteiger partial charge in [0.15, 0.2) is 0 Å². The summed E-state index contributed by atoms with van der Waals surface area (Å²) in [6, 6.07) is 12.5. The Balaban J connectivity index is 1.33. The molecule has 0 spiro atoms. The van der Waals surface area contributed by atoms with Gasteiger partial charge in [-0.2, -0.15) is 0 Å². The molecule has 1 aromatic carbocycles. The van der Waals surface area contributed by atoms with Crippen LogP contribution < -0.4 is 4.74 Å². The second-order valence-electron chi connectivity index (χ2n) is 10.0. The average molecular weight is 520 g/mol. The van der Waals surface area contributed by atoms with Crippen LogP contribution >= 0.6 is 0 Å². The van der Waals surface area contributed by atoms with Crippen molar-refractivity contribution < 1.29 is 23.9 Å². The first-order valence-corrected chi connectivity index (χ1v) is 13.5. The van der Waals surface area contributed by atoms with Gasteiger partial charge in [-0.15, -0.1) is 0 Å². The second-order valence-corrected chi connectivity index (χ2v) is 10.0. The molecule has 202 valence electrons. The van der Waals surface area contributed by atoms with E-state index < -0.39 is 5.97 Å². The van der Waals surface area contributed by atoms with Gasteiger partial charge in [0.25, 0.3) is 5.91 Å². The highest BCUT2D eigenvalue weighted by molar-refractivity contribution is 5.99. The van der Waals surface area contributed by atoms with Crippen molar-refractivity contribution in [3.8, 4) is 5.75 Å². The fourth-order valence-electron chi connectivity index (χ4n) is 5.24. The zero-order chi connectivity index (χ0) is 26.9. The number of likely N-dealkylation sites (N-methyl/N-ethyl adjacent to an activating group) is 1. The molecule has 1 saturated carbocycles. The Hall–Kier alpha value is -3.68. The normalized spacial score (nSPS) is 19.0. The molecule has 4 rings (SSSR count). The Labute approximate surface area is 224 Å². The minimum Gasteiger partial charge on any atom is -0.492 e. The number of carbonyl (C=O) groups excluding carboxylic acids is 3. The molecule has 2 fully saturated rings. The van der Waals surface area contributed by atoms with Crippen molar-refractivity contribution in [1.82, 2.24) is 14.8 Å². The number of benzene rings is 1. The van der Waals surface area contributed by atoms with Crippen molar-refractivity contribution in [3.05, 3.63) is 65.5 Å². The number of aromatic nitrogens is 1. The molecular formula is C30H37N3O5. The van der Waals surface area contributed by atoms with Gasteiger partial charge < -0.3 is 19.3 Å². The lowest BCUT2D eigenvalue weighted by Crippen LogP contribution is -2.31. The van der Waals surface area contributed by atoms with Crippen LogP contribution in [0.25, 0.3) is 6.08 Å². The van der Waals surface area contributed by atoms with Gasteiger partial charge in [-0.1, -0.05) is 31.0 Å². The van der Waals surface area contributed by atoms with Crippen molar-refractivity contribution in [2.24, 2.45) is 11.8 Å². The summed E-state index contributed by atoms with van der Waals surface area (Å²) in [6.45, 7) is 4.34. The second kappa shape index (κ2) is 13.2. The van der Waals surface area contributed by atoms with Gasteiger partial charge >= 0.3 is 5.97 Å². The maximum absolute atomic E-state index is 13.1. The molecule has 8 heteroatoms. The molecule has 0 bridgehead atoms. The van der Waals surface area contributed by atoms with E-state index in [2.05, 4.69) is 4.98 Å². The van der Waals surface area contributed by atoms with Gasteiger partial charge in [-0.05, 0) is 67.5 Å². The number of esters is 1. The summed E-state index contributed by atoms with van der Waals surface area (Å²) in [5.74, 6) is 1.21. The first kappa shape index (κ1) is 27.4. The van der Waals surface area contributed by atoms with Crippen LogP contribution in [0.5, 0.6) is 5.75 Å². The van der Waals surface area contributed by atoms with Crippen LogP contribution in [-0.2, 0) is 14.3 Å². The largest absolute Gasteiger partial charge is 0.492 e. The minimum atomic E-state index is -0.460. The molecule has 0 unspecified atom stereocenters. The highest BCUT2D eigenvalue weighted by Gasteiger charge is 2.36. The van der Waals surface area contributed by atoms with Gasteiger partial charge in [0.05, 0.1) is 19.6 Å². The maximum atomic E-state index is 13.1. The molecule has 1 aliphatic heterocycles. The van der Waals surface area contributed by atoms with Crippen LogP contribution in [0.1, 0.15) is 55.1 Å². The van der Waals surface area contributed by atoms with Crippen LogP contribution in [-0.4, -0.2) is 72.5 Å². The number of nitrogens with zero attached hydrogens (tertiary/aromatic N) is 3. The molecule has 2 aromatic rings. The quantitative estimate of drug-likeness (QED) is 0.345. The summed E-state index contributed by atoms with van der Waals surface area (Å²) in [4.78, 5) is 45.7. The maximum Gasteiger partial charge on any atom is 0.334 e. The topological polar surface area (TPSA) is 89.0 Å². The number of likely N-dealkylation sites (tertiary alicyclic amines) is 1. The predicted octanol–water partition coefficient (Wildman–Crippen LogP) is 4.22. The number of carbonyl (C=O) groups is 3. The van der Waals surface area contributed by atoms with Gasteiger partial charge in [0, 0.05) is 31.9 Å². The summed E-state index contributed by atoms with van der Waals surface area (Å²) in [5, 5.41) is 0. The molecule has 1 aromatic heterocycles. The Morgan fingerprint density at radius 1 is 1.05 bits per heavy atom. The molecule has 2 amide bonds. The monoisotopic (exact) mass is 519 g/mol. The standard InChI is InChI=1S/C30H37N3O5/c1-3-37-30(36)25(19-28(34)33-20-23-8-4-5-9-24(23)21-33)18-22-11-13-26(14-12-22)38-17-16-32(2)29(35)27-10-6-7-15-31-27/h6-7,10-15,18,23-24H,3-5,8-9,16-17,19-21H2,1-2H3/b25-18+/t23-,24+. The van der Waals surface area contributed by atoms with Crippen LogP contribution in [0.2, 0.25) is 0 Å². The van der Waals surface area contributed by atoms with E-state index >= 15 is 0 Å². The molecule has 0 radical (unpaired) electrons. The Kier molecular flexibility index (Phi) is 9.51. The van der Waals surface area contributed by atoms with E-state index in [-0.39, 0.29) is 24.8 Å². The fraction of sp³-hybridized carbons (Fsp3) is 0.467. The van der Waals surface area contributed by atoms with E-state index in [1.807, 2.05) is 29.2 Å². The molecule has 1 aliphatic carbocycles. The third-order valence-electron chi connectivity index (χ3n) is 7.36. The van der Waals surface area contributed by atoms with Crippen molar-refractivity contribution in [3.63, 3.8) is 0 Å². The van der Waals surface area contributed by atoms with Crippen molar-refractivity contribution >= 4 is 23.9 Å². The average Bonchev–Trinajstić information content (AvgIpc) is 3.38. The van der Waals surface area contributed by atoms with Gasteiger partial charge in [0.2, 0.25) is 5.91 Å². The molecular weight excluding hydrogens is 482 g/mol. The number of hydrogen-bond donors (Lipinski definition) is 0. The summed E-state index contributed by atoms with van der Waals surface area (Å²) in [7, 11) is 1.71. The third kappa shape index (κ3) is 7.21. The highest BCUT2D eigenvalue weighted by Crippen LogP contribution is 2.36. The molecule has 38 heavy (non-hydrogen) atoms. The number of rotatable bonds is 10. The molecule has 2 aliphatic rings. The first-order valence-electron chi connectivity index (χ1n) is 13.5. The van der Waals surface area contributed by atoms with Crippen LogP contribution in [0.4, 0.5) is 0 Å². The number of amides is 2. The third-order valence-corrected chi connectivity index (χ3v) is 7.36. The number of hydrogen-bond acceptors (Lipinski definition) is 6. The number of pyridine rings is 1. The van der Waals surface area contributed by atoms with Gasteiger partial charge in [-0.3, -0.25) is 14.6 Å². The zero-order valence-electron chi connectivity index (χ0n) is 22.3. The lowest BCUT2D eigenvalue weighted by atomic mass is 9.82. The van der Waals surface area contributed by atoms with E-state index in [1.165, 1.54) is 25.7 Å².